The highest BCUT2D eigenvalue weighted by Gasteiger charge is 2.33. The third-order valence-corrected chi connectivity index (χ3v) is 5.68. The molecule has 0 amide bonds. The van der Waals surface area contributed by atoms with Gasteiger partial charge in [-0.15, -0.1) is 0 Å². The number of hydrogen-bond acceptors (Lipinski definition) is 6. The molecule has 2 heterocycles. The van der Waals surface area contributed by atoms with Crippen LogP contribution in [0.5, 0.6) is 11.5 Å². The van der Waals surface area contributed by atoms with Gasteiger partial charge in [-0.05, 0) is 48.0 Å². The highest BCUT2D eigenvalue weighted by molar-refractivity contribution is 6.30. The van der Waals surface area contributed by atoms with E-state index in [0.29, 0.717) is 37.1 Å². The van der Waals surface area contributed by atoms with Gasteiger partial charge in [-0.2, -0.15) is 5.10 Å². The molecule has 2 aromatic carbocycles. The van der Waals surface area contributed by atoms with Crippen LogP contribution >= 0.6 is 11.6 Å². The molecule has 33 heavy (non-hydrogen) atoms. The second-order valence-electron chi connectivity index (χ2n) is 8.35. The Morgan fingerprint density at radius 3 is 2.79 bits per heavy atom. The van der Waals surface area contributed by atoms with Gasteiger partial charge in [0.1, 0.15) is 23.7 Å². The van der Waals surface area contributed by atoms with Gasteiger partial charge in [-0.25, -0.2) is 0 Å². The minimum atomic E-state index is -1.10. The largest absolute Gasteiger partial charge is 0.494 e. The number of aromatic nitrogens is 2. The van der Waals surface area contributed by atoms with Crippen LogP contribution in [0.25, 0.3) is 0 Å². The first-order chi connectivity index (χ1) is 16.1. The van der Waals surface area contributed by atoms with Gasteiger partial charge in [0.15, 0.2) is 0 Å². The van der Waals surface area contributed by atoms with Gasteiger partial charge in [-0.3, -0.25) is 9.58 Å². The SMILES string of the molecule is O[C@@]1(COc2ccc(Cl)cc2)COCCN(Cc2cccc(OCCCn3cccn3)c2)C1. The van der Waals surface area contributed by atoms with E-state index < -0.39 is 5.60 Å². The first-order valence-electron chi connectivity index (χ1n) is 11.2. The summed E-state index contributed by atoms with van der Waals surface area (Å²) in [5.41, 5.74) is 0.0268. The van der Waals surface area contributed by atoms with E-state index in [-0.39, 0.29) is 13.2 Å². The molecule has 1 saturated heterocycles. The summed E-state index contributed by atoms with van der Waals surface area (Å²) in [6, 6.07) is 17.1. The first-order valence-corrected chi connectivity index (χ1v) is 11.6. The van der Waals surface area contributed by atoms with Crippen molar-refractivity contribution in [1.29, 1.82) is 0 Å². The maximum absolute atomic E-state index is 11.1. The molecule has 3 aromatic rings. The van der Waals surface area contributed by atoms with Gasteiger partial charge < -0.3 is 19.3 Å². The minimum Gasteiger partial charge on any atom is -0.494 e. The Balaban J connectivity index is 1.28. The smallest absolute Gasteiger partial charge is 0.134 e. The average molecular weight is 472 g/mol. The van der Waals surface area contributed by atoms with Crippen LogP contribution in [0.4, 0.5) is 0 Å². The van der Waals surface area contributed by atoms with Crippen molar-refractivity contribution < 1.29 is 19.3 Å². The fourth-order valence-electron chi connectivity index (χ4n) is 3.81. The molecule has 1 fully saturated rings. The highest BCUT2D eigenvalue weighted by Crippen LogP contribution is 2.21. The second kappa shape index (κ2) is 11.5. The molecule has 4 rings (SSSR count). The lowest BCUT2D eigenvalue weighted by molar-refractivity contribution is -0.0646. The average Bonchev–Trinajstić information content (AvgIpc) is 3.26. The Labute approximate surface area is 199 Å². The number of aryl methyl sites for hydroxylation is 1. The number of benzene rings is 2. The maximum Gasteiger partial charge on any atom is 0.134 e. The number of aliphatic hydroxyl groups is 1. The van der Waals surface area contributed by atoms with Crippen molar-refractivity contribution >= 4 is 11.6 Å². The molecule has 0 saturated carbocycles. The molecule has 1 aromatic heterocycles. The Morgan fingerprint density at radius 2 is 1.97 bits per heavy atom. The Morgan fingerprint density at radius 1 is 1.09 bits per heavy atom. The van der Waals surface area contributed by atoms with Crippen LogP contribution in [-0.2, 0) is 17.8 Å². The van der Waals surface area contributed by atoms with Crippen LogP contribution < -0.4 is 9.47 Å². The molecule has 0 bridgehead atoms. The van der Waals surface area contributed by atoms with Crippen molar-refractivity contribution in [2.75, 3.05) is 39.5 Å². The van der Waals surface area contributed by atoms with E-state index in [1.807, 2.05) is 29.1 Å². The molecule has 0 radical (unpaired) electrons. The number of halogens is 1. The van der Waals surface area contributed by atoms with Crippen molar-refractivity contribution in [3.05, 3.63) is 77.6 Å². The molecule has 1 aliphatic heterocycles. The third-order valence-electron chi connectivity index (χ3n) is 5.43. The van der Waals surface area contributed by atoms with Crippen molar-refractivity contribution in [2.45, 2.75) is 25.1 Å². The third kappa shape index (κ3) is 7.47. The van der Waals surface area contributed by atoms with Gasteiger partial charge in [-0.1, -0.05) is 23.7 Å². The lowest BCUT2D eigenvalue weighted by Crippen LogP contribution is -2.48. The molecule has 1 aliphatic rings. The zero-order chi connectivity index (χ0) is 22.9. The summed E-state index contributed by atoms with van der Waals surface area (Å²) in [5, 5.41) is 16.0. The molecule has 1 N–H and O–H groups in total. The van der Waals surface area contributed by atoms with Crippen molar-refractivity contribution in [3.8, 4) is 11.5 Å². The Bertz CT molecular complexity index is 984. The summed E-state index contributed by atoms with van der Waals surface area (Å²) in [6.45, 7) is 4.28. The van der Waals surface area contributed by atoms with Crippen molar-refractivity contribution in [2.24, 2.45) is 0 Å². The second-order valence-corrected chi connectivity index (χ2v) is 8.79. The summed E-state index contributed by atoms with van der Waals surface area (Å²) in [7, 11) is 0. The zero-order valence-corrected chi connectivity index (χ0v) is 19.4. The number of ether oxygens (including phenoxy) is 3. The molecule has 8 heteroatoms. The van der Waals surface area contributed by atoms with Crippen LogP contribution in [0.1, 0.15) is 12.0 Å². The lowest BCUT2D eigenvalue weighted by Gasteiger charge is -2.30. The standard InChI is InChI=1S/C25H30ClN3O4/c26-22-6-8-23(9-7-22)33-20-25(30)18-28(13-15-31-19-25)17-21-4-1-5-24(16-21)32-14-3-12-29-11-2-10-27-29/h1-2,4-11,16,30H,3,12-15,17-20H2/t25-/m1/s1. The van der Waals surface area contributed by atoms with E-state index in [4.69, 9.17) is 25.8 Å². The molecular weight excluding hydrogens is 442 g/mol. The summed E-state index contributed by atoms with van der Waals surface area (Å²) in [4.78, 5) is 2.19. The van der Waals surface area contributed by atoms with Crippen LogP contribution in [0, 0.1) is 0 Å². The van der Waals surface area contributed by atoms with E-state index in [9.17, 15) is 5.11 Å². The summed E-state index contributed by atoms with van der Waals surface area (Å²) in [5.74, 6) is 1.52. The number of nitrogens with zero attached hydrogens (tertiary/aromatic N) is 3. The summed E-state index contributed by atoms with van der Waals surface area (Å²) >= 11 is 5.93. The quantitative estimate of drug-likeness (QED) is 0.455. The van der Waals surface area contributed by atoms with Crippen LogP contribution in [0.3, 0.4) is 0 Å². The van der Waals surface area contributed by atoms with Crippen LogP contribution in [-0.4, -0.2) is 64.9 Å². The van der Waals surface area contributed by atoms with E-state index in [2.05, 4.69) is 22.1 Å². The maximum atomic E-state index is 11.1. The molecular formula is C25H30ClN3O4. The zero-order valence-electron chi connectivity index (χ0n) is 18.6. The molecule has 0 spiro atoms. The van der Waals surface area contributed by atoms with Gasteiger partial charge in [0.05, 0.1) is 19.8 Å². The van der Waals surface area contributed by atoms with E-state index >= 15 is 0 Å². The molecule has 1 atom stereocenters. The molecule has 0 unspecified atom stereocenters. The van der Waals surface area contributed by atoms with E-state index in [1.165, 1.54) is 0 Å². The van der Waals surface area contributed by atoms with E-state index in [0.717, 1.165) is 30.8 Å². The molecule has 176 valence electrons. The van der Waals surface area contributed by atoms with Crippen molar-refractivity contribution in [3.63, 3.8) is 0 Å². The predicted octanol–water partition coefficient (Wildman–Crippen LogP) is 3.65. The Hall–Kier alpha value is -2.58. The van der Waals surface area contributed by atoms with E-state index in [1.54, 1.807) is 30.5 Å². The van der Waals surface area contributed by atoms with Gasteiger partial charge in [0, 0.05) is 50.0 Å². The van der Waals surface area contributed by atoms with Crippen molar-refractivity contribution in [1.82, 2.24) is 14.7 Å². The first kappa shape index (κ1) is 23.6. The molecule has 0 aliphatic carbocycles. The topological polar surface area (TPSA) is 69.0 Å². The monoisotopic (exact) mass is 471 g/mol. The summed E-state index contributed by atoms with van der Waals surface area (Å²) in [6.07, 6.45) is 4.62. The minimum absolute atomic E-state index is 0.143. The fraction of sp³-hybridized carbons (Fsp3) is 0.400. The van der Waals surface area contributed by atoms with Gasteiger partial charge in [0.25, 0.3) is 0 Å². The number of hydrogen-bond donors (Lipinski definition) is 1. The summed E-state index contributed by atoms with van der Waals surface area (Å²) < 4.78 is 19.3. The molecule has 7 nitrogen and oxygen atoms in total. The van der Waals surface area contributed by atoms with Gasteiger partial charge in [0.2, 0.25) is 0 Å². The highest BCUT2D eigenvalue weighted by atomic mass is 35.5. The predicted molar refractivity (Wildman–Crippen MR) is 127 cm³/mol. The number of rotatable bonds is 10. The van der Waals surface area contributed by atoms with Crippen LogP contribution in [0.2, 0.25) is 5.02 Å². The Kier molecular flexibility index (Phi) is 8.23. The fourth-order valence-corrected chi connectivity index (χ4v) is 3.93. The normalized spacial score (nSPS) is 19.2. The van der Waals surface area contributed by atoms with Crippen LogP contribution in [0.15, 0.2) is 67.0 Å². The number of β-amino-alcohol motifs (C(OH)–C–C–N with tert-alkyl or cyclic N) is 1. The van der Waals surface area contributed by atoms with Gasteiger partial charge >= 0.3 is 0 Å². The lowest BCUT2D eigenvalue weighted by atomic mass is 10.1.